The van der Waals surface area contributed by atoms with Gasteiger partial charge in [-0.25, -0.2) is 0 Å². The molecule has 0 saturated heterocycles. The van der Waals surface area contributed by atoms with E-state index in [0.717, 1.165) is 0 Å². The van der Waals surface area contributed by atoms with Crippen LogP contribution in [0.1, 0.15) is 18.6 Å². The summed E-state index contributed by atoms with van der Waals surface area (Å²) >= 11 is 0. The maximum absolute atomic E-state index is 10.6. The van der Waals surface area contributed by atoms with E-state index in [1.54, 1.807) is 25.1 Å². The van der Waals surface area contributed by atoms with Crippen LogP contribution in [0, 0.1) is 10.1 Å². The quantitative estimate of drug-likeness (QED) is 0.673. The highest BCUT2D eigenvalue weighted by Gasteiger charge is 2.16. The van der Waals surface area contributed by atoms with Gasteiger partial charge in [0, 0.05) is 12.1 Å². The number of methoxy groups -OCH3 is 1. The van der Waals surface area contributed by atoms with Crippen molar-refractivity contribution in [3.63, 3.8) is 0 Å². The molecule has 0 radical (unpaired) electrons. The molecule has 0 fully saturated rings. The van der Waals surface area contributed by atoms with Gasteiger partial charge < -0.3 is 14.6 Å². The Labute approximate surface area is 121 Å². The molecule has 2 aromatic carbocycles. The van der Waals surface area contributed by atoms with E-state index in [1.807, 2.05) is 0 Å². The van der Waals surface area contributed by atoms with Gasteiger partial charge >= 0.3 is 0 Å². The van der Waals surface area contributed by atoms with Crippen molar-refractivity contribution in [2.24, 2.45) is 0 Å². The van der Waals surface area contributed by atoms with Crippen LogP contribution in [0.3, 0.4) is 0 Å². The summed E-state index contributed by atoms with van der Waals surface area (Å²) in [5, 5.41) is 20.5. The number of nitro benzene ring substituents is 1. The largest absolute Gasteiger partial charge is 0.496 e. The van der Waals surface area contributed by atoms with E-state index in [9.17, 15) is 15.2 Å². The average molecular weight is 289 g/mol. The third-order valence-corrected chi connectivity index (χ3v) is 2.94. The van der Waals surface area contributed by atoms with E-state index in [1.165, 1.54) is 31.4 Å². The van der Waals surface area contributed by atoms with Crippen LogP contribution in [0.15, 0.2) is 42.5 Å². The summed E-state index contributed by atoms with van der Waals surface area (Å²) in [5.41, 5.74) is 0.516. The minimum atomic E-state index is -0.769. The smallest absolute Gasteiger partial charge is 0.269 e. The number of aliphatic hydroxyl groups is 1. The van der Waals surface area contributed by atoms with Crippen molar-refractivity contribution >= 4 is 5.69 Å². The molecular formula is C15H15NO5. The van der Waals surface area contributed by atoms with E-state index in [4.69, 9.17) is 9.47 Å². The topological polar surface area (TPSA) is 81.8 Å². The fourth-order valence-corrected chi connectivity index (χ4v) is 1.97. The second-order valence-corrected chi connectivity index (χ2v) is 4.40. The van der Waals surface area contributed by atoms with Crippen LogP contribution in [0.25, 0.3) is 0 Å². The number of ether oxygens (including phenoxy) is 2. The zero-order chi connectivity index (χ0) is 15.4. The highest BCUT2D eigenvalue weighted by atomic mass is 16.6. The summed E-state index contributed by atoms with van der Waals surface area (Å²) in [5.74, 6) is 1.40. The molecule has 0 bridgehead atoms. The number of nitro groups is 1. The van der Waals surface area contributed by atoms with Gasteiger partial charge in [0.25, 0.3) is 5.69 Å². The van der Waals surface area contributed by atoms with Crippen LogP contribution in [0.2, 0.25) is 0 Å². The van der Waals surface area contributed by atoms with Gasteiger partial charge in [-0.15, -0.1) is 0 Å². The molecule has 1 N–H and O–H groups in total. The molecule has 2 rings (SSSR count). The van der Waals surface area contributed by atoms with Crippen LogP contribution in [0.4, 0.5) is 5.69 Å². The van der Waals surface area contributed by atoms with Crippen LogP contribution in [-0.2, 0) is 0 Å². The molecule has 21 heavy (non-hydrogen) atoms. The standard InChI is InChI=1S/C15H15NO5/c1-10(17)15-13(20-2)4-3-5-14(15)21-12-8-6-11(7-9-12)16(18)19/h3-10,17H,1-2H3/t10-/m1/s1. The predicted octanol–water partition coefficient (Wildman–Crippen LogP) is 3.45. The van der Waals surface area contributed by atoms with E-state index in [-0.39, 0.29) is 5.69 Å². The van der Waals surface area contributed by atoms with Crippen molar-refractivity contribution in [3.8, 4) is 17.2 Å². The Balaban J connectivity index is 2.33. The first-order valence-electron chi connectivity index (χ1n) is 6.30. The van der Waals surface area contributed by atoms with E-state index >= 15 is 0 Å². The van der Waals surface area contributed by atoms with Gasteiger partial charge in [-0.3, -0.25) is 10.1 Å². The molecule has 1 atom stereocenters. The third kappa shape index (κ3) is 3.29. The van der Waals surface area contributed by atoms with Gasteiger partial charge in [0.15, 0.2) is 0 Å². The number of rotatable bonds is 5. The van der Waals surface area contributed by atoms with E-state index in [0.29, 0.717) is 22.8 Å². The highest BCUT2D eigenvalue weighted by Crippen LogP contribution is 2.36. The average Bonchev–Trinajstić information content (AvgIpc) is 2.47. The number of nitrogens with zero attached hydrogens (tertiary/aromatic N) is 1. The fraction of sp³-hybridized carbons (Fsp3) is 0.200. The van der Waals surface area contributed by atoms with Crippen molar-refractivity contribution in [2.75, 3.05) is 7.11 Å². The summed E-state index contributed by atoms with van der Waals surface area (Å²) in [6.45, 7) is 1.61. The number of hydrogen-bond acceptors (Lipinski definition) is 5. The number of aliphatic hydroxyl groups excluding tert-OH is 1. The fourth-order valence-electron chi connectivity index (χ4n) is 1.97. The first-order valence-corrected chi connectivity index (χ1v) is 6.30. The lowest BCUT2D eigenvalue weighted by atomic mass is 10.1. The molecule has 6 nitrogen and oxygen atoms in total. The second kappa shape index (κ2) is 6.23. The van der Waals surface area contributed by atoms with E-state index in [2.05, 4.69) is 0 Å². The van der Waals surface area contributed by atoms with Crippen molar-refractivity contribution < 1.29 is 19.5 Å². The summed E-state index contributed by atoms with van der Waals surface area (Å²) in [7, 11) is 1.51. The summed E-state index contributed by atoms with van der Waals surface area (Å²) in [4.78, 5) is 10.1. The minimum absolute atomic E-state index is 0.0104. The Hall–Kier alpha value is -2.60. The Morgan fingerprint density at radius 3 is 2.29 bits per heavy atom. The first-order chi connectivity index (χ1) is 10.0. The predicted molar refractivity (Wildman–Crippen MR) is 76.8 cm³/mol. The molecule has 2 aromatic rings. The van der Waals surface area contributed by atoms with Crippen LogP contribution in [-0.4, -0.2) is 17.1 Å². The molecule has 0 amide bonds. The lowest BCUT2D eigenvalue weighted by Gasteiger charge is -2.16. The van der Waals surface area contributed by atoms with Gasteiger partial charge in [0.05, 0.1) is 23.7 Å². The lowest BCUT2D eigenvalue weighted by Crippen LogP contribution is -2.00. The number of benzene rings is 2. The van der Waals surface area contributed by atoms with Gasteiger partial charge in [-0.1, -0.05) is 6.07 Å². The minimum Gasteiger partial charge on any atom is -0.496 e. The van der Waals surface area contributed by atoms with Crippen molar-refractivity contribution in [3.05, 3.63) is 58.1 Å². The Kier molecular flexibility index (Phi) is 4.39. The summed E-state index contributed by atoms with van der Waals surface area (Å²) in [6.07, 6.45) is -0.769. The lowest BCUT2D eigenvalue weighted by molar-refractivity contribution is -0.384. The first kappa shape index (κ1) is 14.8. The molecular weight excluding hydrogens is 274 g/mol. The Morgan fingerprint density at radius 1 is 1.14 bits per heavy atom. The summed E-state index contributed by atoms with van der Waals surface area (Å²) < 4.78 is 10.9. The van der Waals surface area contributed by atoms with Crippen molar-refractivity contribution in [1.29, 1.82) is 0 Å². The van der Waals surface area contributed by atoms with E-state index < -0.39 is 11.0 Å². The molecule has 0 heterocycles. The van der Waals surface area contributed by atoms with Gasteiger partial charge in [0.1, 0.15) is 17.2 Å². The maximum atomic E-state index is 10.6. The van der Waals surface area contributed by atoms with Gasteiger partial charge in [-0.05, 0) is 31.2 Å². The monoisotopic (exact) mass is 289 g/mol. The SMILES string of the molecule is COc1cccc(Oc2ccc([N+](=O)[O-])cc2)c1[C@@H](C)O. The molecule has 0 aromatic heterocycles. The molecule has 110 valence electrons. The second-order valence-electron chi connectivity index (χ2n) is 4.40. The number of non-ortho nitro benzene ring substituents is 1. The van der Waals surface area contributed by atoms with Crippen molar-refractivity contribution in [1.82, 2.24) is 0 Å². The van der Waals surface area contributed by atoms with Crippen molar-refractivity contribution in [2.45, 2.75) is 13.0 Å². The Bertz CT molecular complexity index is 637. The molecule has 0 spiro atoms. The van der Waals surface area contributed by atoms with Crippen LogP contribution in [0.5, 0.6) is 17.2 Å². The van der Waals surface area contributed by atoms with Crippen LogP contribution < -0.4 is 9.47 Å². The highest BCUT2D eigenvalue weighted by molar-refractivity contribution is 5.48. The molecule has 0 aliphatic carbocycles. The molecule has 0 aliphatic heterocycles. The van der Waals surface area contributed by atoms with Gasteiger partial charge in [0.2, 0.25) is 0 Å². The zero-order valence-corrected chi connectivity index (χ0v) is 11.6. The maximum Gasteiger partial charge on any atom is 0.269 e. The normalized spacial score (nSPS) is 11.8. The summed E-state index contributed by atoms with van der Waals surface area (Å²) in [6, 6.07) is 10.9. The third-order valence-electron chi connectivity index (χ3n) is 2.94. The number of hydrogen-bond donors (Lipinski definition) is 1. The molecule has 0 saturated carbocycles. The molecule has 0 aliphatic rings. The molecule has 6 heteroatoms. The Morgan fingerprint density at radius 2 is 1.76 bits per heavy atom. The van der Waals surface area contributed by atoms with Crippen LogP contribution >= 0.6 is 0 Å². The molecule has 0 unspecified atom stereocenters. The zero-order valence-electron chi connectivity index (χ0n) is 11.6. The van der Waals surface area contributed by atoms with Gasteiger partial charge in [-0.2, -0.15) is 0 Å².